The number of phenols is 1. The minimum absolute atomic E-state index is 0.104. The molecule has 2 aromatic rings. The van der Waals surface area contributed by atoms with Gasteiger partial charge < -0.3 is 9.84 Å². The summed E-state index contributed by atoms with van der Waals surface area (Å²) in [4.78, 5) is 34.9. The molecule has 32 heavy (non-hydrogen) atoms. The van der Waals surface area contributed by atoms with Crippen LogP contribution in [0.4, 0.5) is 14.9 Å². The molecule has 0 radical (unpaired) electrons. The molecule has 8 nitrogen and oxygen atoms in total. The molecule has 0 unspecified atom stereocenters. The van der Waals surface area contributed by atoms with Crippen LogP contribution in [0.3, 0.4) is 0 Å². The number of aromatic hydroxyl groups is 1. The first kappa shape index (κ1) is 24.5. The zero-order valence-corrected chi connectivity index (χ0v) is 17.7. The van der Waals surface area contributed by atoms with Crippen molar-refractivity contribution in [2.45, 2.75) is 32.8 Å². The number of anilines is 1. The quantitative estimate of drug-likeness (QED) is 0.195. The van der Waals surface area contributed by atoms with Crippen molar-refractivity contribution in [2.24, 2.45) is 5.92 Å². The third-order valence-electron chi connectivity index (χ3n) is 4.76. The van der Waals surface area contributed by atoms with Crippen LogP contribution in [0.25, 0.3) is 0 Å². The molecule has 2 aromatic carbocycles. The fraction of sp³-hybridized carbons (Fsp3) is 0.261. The van der Waals surface area contributed by atoms with E-state index in [0.29, 0.717) is 29.7 Å². The second kappa shape index (κ2) is 11.6. The minimum atomic E-state index is -0.846. The Kier molecular flexibility index (Phi) is 8.91. The zero-order valence-electron chi connectivity index (χ0n) is 17.7. The molecule has 2 atom stereocenters. The highest BCUT2D eigenvalue weighted by Crippen LogP contribution is 2.32. The van der Waals surface area contributed by atoms with Crippen LogP contribution in [0, 0.1) is 11.7 Å². The highest BCUT2D eigenvalue weighted by atomic mass is 19.1. The number of ether oxygens (including phenoxy) is 1. The SMILES string of the molecule is CC(=O)c1ccc(NC(=O)O[C@H](c2ccc(O)c(F)c2)[C@H](C)CC/C=C/C(=O)NO)cc1. The number of nitrogens with one attached hydrogen (secondary N) is 2. The molecule has 0 aliphatic heterocycles. The summed E-state index contributed by atoms with van der Waals surface area (Å²) in [5.74, 6) is -2.42. The summed E-state index contributed by atoms with van der Waals surface area (Å²) >= 11 is 0. The Morgan fingerprint density at radius 2 is 1.84 bits per heavy atom. The van der Waals surface area contributed by atoms with Gasteiger partial charge in [0.15, 0.2) is 17.3 Å². The van der Waals surface area contributed by atoms with E-state index in [0.717, 1.165) is 6.07 Å². The first-order valence-electron chi connectivity index (χ1n) is 9.89. The molecule has 170 valence electrons. The Labute approximate surface area is 184 Å². The summed E-state index contributed by atoms with van der Waals surface area (Å²) in [6.45, 7) is 3.23. The van der Waals surface area contributed by atoms with Crippen molar-refractivity contribution >= 4 is 23.5 Å². The second-order valence-corrected chi connectivity index (χ2v) is 7.23. The van der Waals surface area contributed by atoms with Crippen LogP contribution in [-0.2, 0) is 9.53 Å². The maximum Gasteiger partial charge on any atom is 0.412 e. The minimum Gasteiger partial charge on any atom is -0.505 e. The number of carbonyl (C=O) groups excluding carboxylic acids is 3. The van der Waals surface area contributed by atoms with Gasteiger partial charge in [0.25, 0.3) is 5.91 Å². The van der Waals surface area contributed by atoms with Gasteiger partial charge in [0.1, 0.15) is 6.10 Å². The lowest BCUT2D eigenvalue weighted by molar-refractivity contribution is -0.124. The van der Waals surface area contributed by atoms with E-state index in [1.807, 2.05) is 0 Å². The number of hydroxylamine groups is 1. The largest absolute Gasteiger partial charge is 0.505 e. The predicted octanol–water partition coefficient (Wildman–Crippen LogP) is 4.50. The van der Waals surface area contributed by atoms with Crippen LogP contribution in [0.1, 0.15) is 48.7 Å². The summed E-state index contributed by atoms with van der Waals surface area (Å²) in [6.07, 6.45) is 2.00. The van der Waals surface area contributed by atoms with Gasteiger partial charge in [-0.15, -0.1) is 0 Å². The molecule has 4 N–H and O–H groups in total. The van der Waals surface area contributed by atoms with Gasteiger partial charge in [0.05, 0.1) is 0 Å². The van der Waals surface area contributed by atoms with Gasteiger partial charge in [0, 0.05) is 17.3 Å². The van der Waals surface area contributed by atoms with Crippen LogP contribution in [0.5, 0.6) is 5.75 Å². The van der Waals surface area contributed by atoms with Crippen LogP contribution in [0.2, 0.25) is 0 Å². The highest BCUT2D eigenvalue weighted by molar-refractivity contribution is 5.95. The van der Waals surface area contributed by atoms with Gasteiger partial charge in [-0.25, -0.2) is 14.7 Å². The number of halogens is 1. The van der Waals surface area contributed by atoms with E-state index in [1.165, 1.54) is 30.6 Å². The average molecular weight is 444 g/mol. The van der Waals surface area contributed by atoms with E-state index < -0.39 is 29.7 Å². The molecular weight excluding hydrogens is 419 g/mol. The van der Waals surface area contributed by atoms with Crippen molar-refractivity contribution < 1.29 is 33.8 Å². The molecule has 0 fully saturated rings. The lowest BCUT2D eigenvalue weighted by Gasteiger charge is -2.25. The summed E-state index contributed by atoms with van der Waals surface area (Å²) in [7, 11) is 0. The maximum absolute atomic E-state index is 13.9. The van der Waals surface area contributed by atoms with E-state index >= 15 is 0 Å². The molecule has 0 aliphatic carbocycles. The highest BCUT2D eigenvalue weighted by Gasteiger charge is 2.24. The van der Waals surface area contributed by atoms with Crippen molar-refractivity contribution in [3.63, 3.8) is 0 Å². The normalized spacial score (nSPS) is 12.8. The number of phenolic OH excluding ortho intramolecular Hbond substituents is 1. The number of benzene rings is 2. The van der Waals surface area contributed by atoms with Crippen molar-refractivity contribution in [2.75, 3.05) is 5.32 Å². The van der Waals surface area contributed by atoms with Gasteiger partial charge >= 0.3 is 6.09 Å². The van der Waals surface area contributed by atoms with E-state index in [-0.39, 0.29) is 11.7 Å². The fourth-order valence-electron chi connectivity index (χ4n) is 3.00. The van der Waals surface area contributed by atoms with Gasteiger partial charge in [0.2, 0.25) is 0 Å². The van der Waals surface area contributed by atoms with Crippen molar-refractivity contribution in [3.05, 3.63) is 71.6 Å². The van der Waals surface area contributed by atoms with Crippen molar-refractivity contribution in [3.8, 4) is 5.75 Å². The van der Waals surface area contributed by atoms with E-state index in [1.54, 1.807) is 37.3 Å². The van der Waals surface area contributed by atoms with Crippen LogP contribution in [0.15, 0.2) is 54.6 Å². The summed E-state index contributed by atoms with van der Waals surface area (Å²) < 4.78 is 19.5. The Morgan fingerprint density at radius 1 is 1.16 bits per heavy atom. The Bertz CT molecular complexity index is 990. The molecule has 0 saturated carbocycles. The number of Topliss-reactive ketones (excluding diaryl/α,β-unsaturated/α-hetero) is 1. The third-order valence-corrected chi connectivity index (χ3v) is 4.76. The predicted molar refractivity (Wildman–Crippen MR) is 115 cm³/mol. The summed E-state index contributed by atoms with van der Waals surface area (Å²) in [5.41, 5.74) is 2.75. The Balaban J connectivity index is 2.13. The molecule has 9 heteroatoms. The smallest absolute Gasteiger partial charge is 0.412 e. The number of hydrogen-bond donors (Lipinski definition) is 4. The van der Waals surface area contributed by atoms with Crippen LogP contribution in [-0.4, -0.2) is 28.1 Å². The van der Waals surface area contributed by atoms with Gasteiger partial charge in [-0.3, -0.25) is 20.1 Å². The maximum atomic E-state index is 13.9. The average Bonchev–Trinajstić information content (AvgIpc) is 2.77. The van der Waals surface area contributed by atoms with Crippen molar-refractivity contribution in [1.82, 2.24) is 5.48 Å². The molecule has 0 aliphatic rings. The molecule has 0 aromatic heterocycles. The topological polar surface area (TPSA) is 125 Å². The second-order valence-electron chi connectivity index (χ2n) is 7.23. The van der Waals surface area contributed by atoms with Gasteiger partial charge in [-0.05, 0) is 67.6 Å². The number of carbonyl (C=O) groups is 3. The summed E-state index contributed by atoms with van der Waals surface area (Å²) in [5, 5.41) is 20.5. The molecular formula is C23H25FN2O6. The monoisotopic (exact) mass is 444 g/mol. The zero-order chi connectivity index (χ0) is 23.7. The van der Waals surface area contributed by atoms with E-state index in [2.05, 4.69) is 5.32 Å². The number of ketones is 1. The number of rotatable bonds is 9. The first-order chi connectivity index (χ1) is 15.2. The summed E-state index contributed by atoms with van der Waals surface area (Å²) in [6, 6.07) is 10.0. The lowest BCUT2D eigenvalue weighted by Crippen LogP contribution is -2.22. The molecule has 0 saturated heterocycles. The lowest BCUT2D eigenvalue weighted by atomic mass is 9.93. The molecule has 2 amide bonds. The molecule has 0 bridgehead atoms. The molecule has 2 rings (SSSR count). The first-order valence-corrected chi connectivity index (χ1v) is 9.89. The van der Waals surface area contributed by atoms with Crippen molar-refractivity contribution in [1.29, 1.82) is 0 Å². The molecule has 0 spiro atoms. The number of amides is 2. The van der Waals surface area contributed by atoms with Crippen LogP contribution >= 0.6 is 0 Å². The van der Waals surface area contributed by atoms with E-state index in [4.69, 9.17) is 9.94 Å². The van der Waals surface area contributed by atoms with Crippen LogP contribution < -0.4 is 10.8 Å². The van der Waals surface area contributed by atoms with Gasteiger partial charge in [-0.2, -0.15) is 0 Å². The Morgan fingerprint density at radius 3 is 2.44 bits per heavy atom. The standard InChI is InChI=1S/C23H25FN2O6/c1-14(5-3-4-6-21(29)26-31)22(17-9-12-20(28)19(24)13-17)32-23(30)25-18-10-7-16(8-11-18)15(2)27/h4,6-14,22,28,31H,3,5H2,1-2H3,(H,25,30)(H,26,29)/b6-4+/t14-,22+/m1/s1. The fourth-order valence-corrected chi connectivity index (χ4v) is 3.00. The number of hydrogen-bond acceptors (Lipinski definition) is 6. The van der Waals surface area contributed by atoms with Gasteiger partial charge in [-0.1, -0.05) is 19.1 Å². The Hall–Kier alpha value is -3.72. The number of allylic oxidation sites excluding steroid dienone is 1. The van der Waals surface area contributed by atoms with E-state index in [9.17, 15) is 23.9 Å². The molecule has 0 heterocycles. The third kappa shape index (κ3) is 7.21.